The topological polar surface area (TPSA) is 86.3 Å². The smallest absolute Gasteiger partial charge is 0.368 e. The van der Waals surface area contributed by atoms with E-state index in [1.165, 1.54) is 17.0 Å². The molecule has 0 bridgehead atoms. The van der Waals surface area contributed by atoms with Crippen LogP contribution in [-0.4, -0.2) is 47.2 Å². The monoisotopic (exact) mass is 567 g/mol. The number of nitrogens with zero attached hydrogens (tertiary/aromatic N) is 5. The van der Waals surface area contributed by atoms with Crippen LogP contribution in [0, 0.1) is 0 Å². The SMILES string of the molecule is C=C1NC(=O)N(c2ccc(N3CCNCC3)c(C(F)(F)F)c2)c2c1cnc1ccc(-c3cnc4ccccc4c3)nc21. The van der Waals surface area contributed by atoms with Crippen LogP contribution in [0.15, 0.2) is 79.6 Å². The molecule has 0 saturated carbocycles. The fourth-order valence-corrected chi connectivity index (χ4v) is 5.54. The number of benzene rings is 2. The number of carbonyl (C=O) groups is 1. The maximum Gasteiger partial charge on any atom is 0.418 e. The molecule has 2 amide bonds. The van der Waals surface area contributed by atoms with Crippen molar-refractivity contribution in [2.24, 2.45) is 0 Å². The maximum atomic E-state index is 14.4. The van der Waals surface area contributed by atoms with E-state index >= 15 is 0 Å². The highest BCUT2D eigenvalue weighted by atomic mass is 19.4. The van der Waals surface area contributed by atoms with Crippen LogP contribution >= 0.6 is 0 Å². The van der Waals surface area contributed by atoms with Gasteiger partial charge in [-0.1, -0.05) is 24.8 Å². The van der Waals surface area contributed by atoms with Crippen molar-refractivity contribution in [3.8, 4) is 11.3 Å². The first kappa shape index (κ1) is 25.9. The summed E-state index contributed by atoms with van der Waals surface area (Å²) >= 11 is 0. The van der Waals surface area contributed by atoms with Crippen LogP contribution in [0.2, 0.25) is 0 Å². The number of anilines is 3. The van der Waals surface area contributed by atoms with E-state index in [0.29, 0.717) is 54.2 Å². The van der Waals surface area contributed by atoms with Crippen LogP contribution in [0.25, 0.3) is 38.9 Å². The second-order valence-corrected chi connectivity index (χ2v) is 10.2. The molecular formula is C31H24F3N7O. The Morgan fingerprint density at radius 2 is 1.69 bits per heavy atom. The van der Waals surface area contributed by atoms with E-state index in [9.17, 15) is 18.0 Å². The van der Waals surface area contributed by atoms with Crippen molar-refractivity contribution in [2.45, 2.75) is 6.18 Å². The third-order valence-electron chi connectivity index (χ3n) is 7.58. The van der Waals surface area contributed by atoms with Crippen LogP contribution in [0.5, 0.6) is 0 Å². The van der Waals surface area contributed by atoms with E-state index in [2.05, 4.69) is 27.2 Å². The van der Waals surface area contributed by atoms with Gasteiger partial charge in [0.2, 0.25) is 0 Å². The number of pyridine rings is 3. The van der Waals surface area contributed by atoms with Crippen LogP contribution < -0.4 is 20.4 Å². The van der Waals surface area contributed by atoms with E-state index in [1.54, 1.807) is 29.4 Å². The third kappa shape index (κ3) is 4.38. The lowest BCUT2D eigenvalue weighted by Crippen LogP contribution is -2.44. The summed E-state index contributed by atoms with van der Waals surface area (Å²) in [6.07, 6.45) is -1.37. The Kier molecular flexibility index (Phi) is 6.05. The number of fused-ring (bicyclic) bond motifs is 4. The first-order valence-corrected chi connectivity index (χ1v) is 13.4. The molecular weight excluding hydrogens is 543 g/mol. The molecule has 11 heteroatoms. The molecule has 0 spiro atoms. The zero-order chi connectivity index (χ0) is 29.0. The number of halogens is 3. The fraction of sp³-hybridized carbons (Fsp3) is 0.161. The molecule has 0 radical (unpaired) electrons. The third-order valence-corrected chi connectivity index (χ3v) is 7.58. The lowest BCUT2D eigenvalue weighted by atomic mass is 10.0. The Bertz CT molecular complexity index is 1900. The molecule has 2 aliphatic rings. The minimum Gasteiger partial charge on any atom is -0.368 e. The molecule has 0 aliphatic carbocycles. The second kappa shape index (κ2) is 9.81. The summed E-state index contributed by atoms with van der Waals surface area (Å²) in [5, 5.41) is 6.76. The van der Waals surface area contributed by atoms with E-state index in [1.807, 2.05) is 30.3 Å². The number of aromatic nitrogens is 3. The predicted molar refractivity (Wildman–Crippen MR) is 157 cm³/mol. The van der Waals surface area contributed by atoms with Crippen molar-refractivity contribution in [3.63, 3.8) is 0 Å². The summed E-state index contributed by atoms with van der Waals surface area (Å²) in [6.45, 7) is 6.02. The maximum absolute atomic E-state index is 14.4. The normalized spacial score (nSPS) is 15.7. The summed E-state index contributed by atoms with van der Waals surface area (Å²) in [4.78, 5) is 30.3. The number of hydrogen-bond donors (Lipinski definition) is 2. The lowest BCUT2D eigenvalue weighted by Gasteiger charge is -2.34. The van der Waals surface area contributed by atoms with Gasteiger partial charge in [0.05, 0.1) is 33.7 Å². The Labute approximate surface area is 238 Å². The molecule has 1 fully saturated rings. The molecule has 7 rings (SSSR count). The summed E-state index contributed by atoms with van der Waals surface area (Å²) in [5.74, 6) is 0. The van der Waals surface area contributed by atoms with Crippen LogP contribution in [0.3, 0.4) is 0 Å². The Hall–Kier alpha value is -5.03. The summed E-state index contributed by atoms with van der Waals surface area (Å²) in [7, 11) is 0. The van der Waals surface area contributed by atoms with Crippen molar-refractivity contribution >= 4 is 50.7 Å². The number of rotatable bonds is 3. The Morgan fingerprint density at radius 3 is 2.50 bits per heavy atom. The molecule has 2 aromatic carbocycles. The van der Waals surface area contributed by atoms with Gasteiger partial charge in [-0.3, -0.25) is 14.9 Å². The van der Waals surface area contributed by atoms with Gasteiger partial charge in [0, 0.05) is 66.5 Å². The van der Waals surface area contributed by atoms with Gasteiger partial charge in [0.1, 0.15) is 5.52 Å². The molecule has 2 N–H and O–H groups in total. The first-order chi connectivity index (χ1) is 20.3. The van der Waals surface area contributed by atoms with Gasteiger partial charge in [-0.25, -0.2) is 9.78 Å². The van der Waals surface area contributed by atoms with E-state index in [4.69, 9.17) is 4.98 Å². The van der Waals surface area contributed by atoms with Crippen LogP contribution in [0.1, 0.15) is 11.1 Å². The zero-order valence-corrected chi connectivity index (χ0v) is 22.2. The minimum atomic E-state index is -4.64. The highest BCUT2D eigenvalue weighted by Gasteiger charge is 2.38. The van der Waals surface area contributed by atoms with Crippen molar-refractivity contribution < 1.29 is 18.0 Å². The molecule has 8 nitrogen and oxygen atoms in total. The first-order valence-electron chi connectivity index (χ1n) is 13.4. The number of nitrogens with one attached hydrogen (secondary N) is 2. The lowest BCUT2D eigenvalue weighted by molar-refractivity contribution is -0.137. The second-order valence-electron chi connectivity index (χ2n) is 10.2. The largest absolute Gasteiger partial charge is 0.418 e. The molecule has 0 unspecified atom stereocenters. The van der Waals surface area contributed by atoms with Gasteiger partial charge < -0.3 is 15.5 Å². The van der Waals surface area contributed by atoms with Crippen LogP contribution in [-0.2, 0) is 6.18 Å². The molecule has 2 aliphatic heterocycles. The average molecular weight is 568 g/mol. The van der Waals surface area contributed by atoms with Gasteiger partial charge in [0.15, 0.2) is 0 Å². The van der Waals surface area contributed by atoms with Crippen molar-refractivity contribution in [1.82, 2.24) is 25.6 Å². The van der Waals surface area contributed by atoms with Crippen molar-refractivity contribution in [3.05, 3.63) is 90.8 Å². The predicted octanol–water partition coefficient (Wildman–Crippen LogP) is 6.11. The quantitative estimate of drug-likeness (QED) is 0.274. The number of amides is 2. The summed E-state index contributed by atoms with van der Waals surface area (Å²) in [6, 6.07) is 16.6. The minimum absolute atomic E-state index is 0.0551. The van der Waals surface area contributed by atoms with E-state index in [-0.39, 0.29) is 17.1 Å². The van der Waals surface area contributed by atoms with E-state index in [0.717, 1.165) is 22.5 Å². The number of alkyl halides is 3. The Balaban J connectivity index is 1.41. The van der Waals surface area contributed by atoms with Gasteiger partial charge in [-0.2, -0.15) is 13.2 Å². The highest BCUT2D eigenvalue weighted by Crippen LogP contribution is 2.44. The van der Waals surface area contributed by atoms with Crippen LogP contribution in [0.4, 0.5) is 35.0 Å². The number of carbonyl (C=O) groups excluding carboxylic acids is 1. The molecule has 0 atom stereocenters. The van der Waals surface area contributed by atoms with Gasteiger partial charge in [-0.05, 0) is 42.5 Å². The highest BCUT2D eigenvalue weighted by molar-refractivity contribution is 6.14. The molecule has 3 aromatic heterocycles. The number of piperazine rings is 1. The van der Waals surface area contributed by atoms with Gasteiger partial charge in [0.25, 0.3) is 0 Å². The summed E-state index contributed by atoms with van der Waals surface area (Å²) < 4.78 is 43.2. The standard InChI is InChI=1S/C31H24F3N7O/c1-18-22-17-37-26-8-7-25(20-14-19-4-2-3-5-24(19)36-16-20)39-28(26)29(22)41(30(42)38-18)21-6-9-27(23(15-21)31(32,33)34)40-12-10-35-11-13-40/h2-9,14-17,35H,1,10-13H2,(H,38,42). The number of hydrogen-bond acceptors (Lipinski definition) is 6. The Morgan fingerprint density at radius 1 is 0.905 bits per heavy atom. The molecule has 42 heavy (non-hydrogen) atoms. The molecule has 210 valence electrons. The van der Waals surface area contributed by atoms with Crippen molar-refractivity contribution in [2.75, 3.05) is 36.0 Å². The molecule has 1 saturated heterocycles. The zero-order valence-electron chi connectivity index (χ0n) is 22.2. The fourth-order valence-electron chi connectivity index (χ4n) is 5.54. The van der Waals surface area contributed by atoms with E-state index < -0.39 is 17.8 Å². The molecule has 5 heterocycles. The average Bonchev–Trinajstić information content (AvgIpc) is 3.00. The van der Waals surface area contributed by atoms with Gasteiger partial charge >= 0.3 is 12.2 Å². The molecule has 5 aromatic rings. The number of urea groups is 1. The van der Waals surface area contributed by atoms with Gasteiger partial charge in [-0.15, -0.1) is 0 Å². The number of para-hydroxylation sites is 1. The summed E-state index contributed by atoms with van der Waals surface area (Å²) in [5.41, 5.74) is 3.39. The van der Waals surface area contributed by atoms with Crippen molar-refractivity contribution in [1.29, 1.82) is 0 Å².